The quantitative estimate of drug-likeness (QED) is 0.866. The van der Waals surface area contributed by atoms with Crippen LogP contribution in [0.4, 0.5) is 0 Å². The Balaban J connectivity index is 2.19. The average molecular weight is 325 g/mol. The Labute approximate surface area is 121 Å². The van der Waals surface area contributed by atoms with E-state index in [1.54, 1.807) is 0 Å². The van der Waals surface area contributed by atoms with Gasteiger partial charge in [0, 0.05) is 15.5 Å². The Bertz CT molecular complexity index is 527. The highest BCUT2D eigenvalue weighted by Crippen LogP contribution is 2.22. The molecule has 0 bridgehead atoms. The van der Waals surface area contributed by atoms with Crippen LogP contribution in [0.1, 0.15) is 17.2 Å². The molecular weight excluding hydrogens is 310 g/mol. The molecule has 0 aliphatic heterocycles. The van der Waals surface area contributed by atoms with Gasteiger partial charge in [-0.15, -0.1) is 0 Å². The van der Waals surface area contributed by atoms with E-state index in [0.29, 0.717) is 6.04 Å². The van der Waals surface area contributed by atoms with Gasteiger partial charge in [0.05, 0.1) is 0 Å². The number of rotatable bonds is 4. The van der Waals surface area contributed by atoms with Gasteiger partial charge in [0.2, 0.25) is 0 Å². The van der Waals surface area contributed by atoms with Crippen LogP contribution in [0.2, 0.25) is 5.02 Å². The smallest absolute Gasteiger partial charge is 0.0408 e. The normalized spacial score (nSPS) is 12.4. The van der Waals surface area contributed by atoms with Gasteiger partial charge in [-0.3, -0.25) is 0 Å². The fraction of sp³-hybridized carbons (Fsp3) is 0.200. The molecule has 0 amide bonds. The summed E-state index contributed by atoms with van der Waals surface area (Å²) in [5.74, 6) is 0. The van der Waals surface area contributed by atoms with Crippen LogP contribution in [-0.2, 0) is 6.42 Å². The van der Waals surface area contributed by atoms with Crippen LogP contribution in [0.25, 0.3) is 0 Å². The molecule has 2 aromatic rings. The minimum atomic E-state index is 0.293. The number of hydrogen-bond acceptors (Lipinski definition) is 1. The summed E-state index contributed by atoms with van der Waals surface area (Å²) in [4.78, 5) is 0. The van der Waals surface area contributed by atoms with Gasteiger partial charge >= 0.3 is 0 Å². The fourth-order valence-electron chi connectivity index (χ4n) is 2.01. The van der Waals surface area contributed by atoms with Crippen molar-refractivity contribution in [1.82, 2.24) is 5.32 Å². The monoisotopic (exact) mass is 323 g/mol. The van der Waals surface area contributed by atoms with Crippen molar-refractivity contribution in [2.45, 2.75) is 12.5 Å². The third-order valence-electron chi connectivity index (χ3n) is 2.93. The van der Waals surface area contributed by atoms with E-state index in [1.165, 1.54) is 11.1 Å². The van der Waals surface area contributed by atoms with Gasteiger partial charge in [-0.25, -0.2) is 0 Å². The second kappa shape index (κ2) is 6.37. The number of benzene rings is 2. The van der Waals surface area contributed by atoms with E-state index in [4.69, 9.17) is 11.6 Å². The summed E-state index contributed by atoms with van der Waals surface area (Å²) >= 11 is 9.52. The predicted molar refractivity (Wildman–Crippen MR) is 81.1 cm³/mol. The number of likely N-dealkylation sites (N-methyl/N-ethyl adjacent to an activating group) is 1. The van der Waals surface area contributed by atoms with Crippen molar-refractivity contribution < 1.29 is 0 Å². The van der Waals surface area contributed by atoms with Gasteiger partial charge in [0.1, 0.15) is 0 Å². The molecule has 0 heterocycles. The minimum Gasteiger partial charge on any atom is -0.313 e. The zero-order valence-electron chi connectivity index (χ0n) is 10.2. The molecule has 2 rings (SSSR count). The number of hydrogen-bond donors (Lipinski definition) is 1. The highest BCUT2D eigenvalue weighted by molar-refractivity contribution is 9.10. The van der Waals surface area contributed by atoms with Gasteiger partial charge in [-0.1, -0.05) is 51.8 Å². The molecule has 1 unspecified atom stereocenters. The van der Waals surface area contributed by atoms with E-state index in [1.807, 2.05) is 31.3 Å². The van der Waals surface area contributed by atoms with Crippen molar-refractivity contribution in [1.29, 1.82) is 0 Å². The van der Waals surface area contributed by atoms with Crippen molar-refractivity contribution in [3.05, 3.63) is 69.2 Å². The van der Waals surface area contributed by atoms with E-state index in [0.717, 1.165) is 15.9 Å². The van der Waals surface area contributed by atoms with Crippen LogP contribution in [0.5, 0.6) is 0 Å². The van der Waals surface area contributed by atoms with Crippen molar-refractivity contribution in [2.75, 3.05) is 7.05 Å². The van der Waals surface area contributed by atoms with Gasteiger partial charge in [-0.2, -0.15) is 0 Å². The lowest BCUT2D eigenvalue weighted by Gasteiger charge is -2.17. The molecule has 0 aliphatic carbocycles. The Morgan fingerprint density at radius 1 is 1.17 bits per heavy atom. The zero-order valence-corrected chi connectivity index (χ0v) is 12.5. The molecule has 18 heavy (non-hydrogen) atoms. The lowest BCUT2D eigenvalue weighted by atomic mass is 9.99. The first-order chi connectivity index (χ1) is 8.69. The van der Waals surface area contributed by atoms with Crippen molar-refractivity contribution in [3.63, 3.8) is 0 Å². The van der Waals surface area contributed by atoms with Crippen LogP contribution in [0.3, 0.4) is 0 Å². The molecule has 0 spiro atoms. The summed E-state index contributed by atoms with van der Waals surface area (Å²) in [5.41, 5.74) is 2.51. The summed E-state index contributed by atoms with van der Waals surface area (Å²) in [6, 6.07) is 16.7. The second-order valence-electron chi connectivity index (χ2n) is 4.23. The third kappa shape index (κ3) is 3.58. The zero-order chi connectivity index (χ0) is 13.0. The van der Waals surface area contributed by atoms with Crippen LogP contribution in [0.15, 0.2) is 53.0 Å². The Kier molecular flexibility index (Phi) is 4.81. The van der Waals surface area contributed by atoms with Gasteiger partial charge in [0.25, 0.3) is 0 Å². The summed E-state index contributed by atoms with van der Waals surface area (Å²) in [6.07, 6.45) is 0.924. The molecule has 0 aliphatic rings. The third-order valence-corrected chi connectivity index (χ3v) is 3.66. The van der Waals surface area contributed by atoms with Gasteiger partial charge in [-0.05, 0) is 48.9 Å². The topological polar surface area (TPSA) is 12.0 Å². The maximum Gasteiger partial charge on any atom is 0.0408 e. The standard InChI is InChI=1S/C15H15BrClN/c1-18-15(12-5-3-6-13(16)10-12)9-11-4-2-7-14(17)8-11/h2-8,10,15,18H,9H2,1H3. The maximum absolute atomic E-state index is 6.01. The molecule has 0 fully saturated rings. The van der Waals surface area contributed by atoms with Crippen molar-refractivity contribution in [2.24, 2.45) is 0 Å². The van der Waals surface area contributed by atoms with Crippen LogP contribution in [0, 0.1) is 0 Å². The SMILES string of the molecule is CNC(Cc1cccc(Cl)c1)c1cccc(Br)c1. The molecule has 0 saturated carbocycles. The molecule has 1 N–H and O–H groups in total. The van der Waals surface area contributed by atoms with Crippen LogP contribution < -0.4 is 5.32 Å². The minimum absolute atomic E-state index is 0.293. The Morgan fingerprint density at radius 3 is 2.61 bits per heavy atom. The van der Waals surface area contributed by atoms with Crippen molar-refractivity contribution >= 4 is 27.5 Å². The van der Waals surface area contributed by atoms with Gasteiger partial charge in [0.15, 0.2) is 0 Å². The molecule has 3 heteroatoms. The number of nitrogens with one attached hydrogen (secondary N) is 1. The van der Waals surface area contributed by atoms with Crippen LogP contribution in [-0.4, -0.2) is 7.05 Å². The lowest BCUT2D eigenvalue weighted by Crippen LogP contribution is -2.18. The van der Waals surface area contributed by atoms with E-state index in [2.05, 4.69) is 45.5 Å². The van der Waals surface area contributed by atoms with Crippen LogP contribution >= 0.6 is 27.5 Å². The van der Waals surface area contributed by atoms with E-state index < -0.39 is 0 Å². The predicted octanol–water partition coefficient (Wildman–Crippen LogP) is 4.61. The van der Waals surface area contributed by atoms with Gasteiger partial charge < -0.3 is 5.32 Å². The lowest BCUT2D eigenvalue weighted by molar-refractivity contribution is 0.592. The first-order valence-corrected chi connectivity index (χ1v) is 7.03. The van der Waals surface area contributed by atoms with E-state index >= 15 is 0 Å². The molecule has 1 atom stereocenters. The summed E-state index contributed by atoms with van der Waals surface area (Å²) < 4.78 is 1.10. The molecule has 0 aromatic heterocycles. The Morgan fingerprint density at radius 2 is 1.94 bits per heavy atom. The average Bonchev–Trinajstić information content (AvgIpc) is 2.36. The fourth-order valence-corrected chi connectivity index (χ4v) is 2.64. The second-order valence-corrected chi connectivity index (χ2v) is 5.58. The highest BCUT2D eigenvalue weighted by atomic mass is 79.9. The summed E-state index contributed by atoms with van der Waals surface area (Å²) in [6.45, 7) is 0. The first-order valence-electron chi connectivity index (χ1n) is 5.86. The van der Waals surface area contributed by atoms with E-state index in [9.17, 15) is 0 Å². The molecule has 1 nitrogen and oxygen atoms in total. The Hall–Kier alpha value is -0.830. The van der Waals surface area contributed by atoms with Crippen molar-refractivity contribution in [3.8, 4) is 0 Å². The first kappa shape index (κ1) is 13.6. The summed E-state index contributed by atoms with van der Waals surface area (Å²) in [5, 5.41) is 4.14. The van der Waals surface area contributed by atoms with E-state index in [-0.39, 0.29) is 0 Å². The molecule has 0 radical (unpaired) electrons. The molecule has 2 aromatic carbocycles. The maximum atomic E-state index is 6.01. The highest BCUT2D eigenvalue weighted by Gasteiger charge is 2.10. The molecular formula is C15H15BrClN. The molecule has 0 saturated heterocycles. The molecule has 94 valence electrons. The summed E-state index contributed by atoms with van der Waals surface area (Å²) in [7, 11) is 1.98. The largest absolute Gasteiger partial charge is 0.313 e. The number of halogens is 2.